The molecule has 0 aromatic heterocycles. The van der Waals surface area contributed by atoms with Crippen molar-refractivity contribution in [1.82, 2.24) is 9.62 Å². The Balaban J connectivity index is 1.55. The van der Waals surface area contributed by atoms with Crippen molar-refractivity contribution in [3.8, 4) is 11.5 Å². The zero-order valence-electron chi connectivity index (χ0n) is 25.8. The fourth-order valence-electron chi connectivity index (χ4n) is 5.17. The molecular formula is C29H37F3N2O11S2. The van der Waals surface area contributed by atoms with Gasteiger partial charge < -0.3 is 33.6 Å². The Kier molecular flexibility index (Phi) is 11.7. The quantitative estimate of drug-likeness (QED) is 0.219. The van der Waals surface area contributed by atoms with Gasteiger partial charge in [-0.1, -0.05) is 26.0 Å². The number of nitrogens with zero attached hydrogens (tertiary/aromatic N) is 1. The number of ether oxygens (including phenoxy) is 4. The van der Waals surface area contributed by atoms with Gasteiger partial charge in [0.25, 0.3) is 0 Å². The Hall–Kier alpha value is -3.16. The summed E-state index contributed by atoms with van der Waals surface area (Å²) in [6, 6.07) is 8.99. The fraction of sp³-hybridized carbons (Fsp3) is 0.552. The van der Waals surface area contributed by atoms with Crippen LogP contribution in [0.1, 0.15) is 25.8 Å². The first-order chi connectivity index (χ1) is 22.0. The van der Waals surface area contributed by atoms with Crippen molar-refractivity contribution in [3.63, 3.8) is 0 Å². The fourth-order valence-corrected chi connectivity index (χ4v) is 7.25. The van der Waals surface area contributed by atoms with E-state index in [0.29, 0.717) is 24.3 Å². The maximum atomic E-state index is 13.7. The Morgan fingerprint density at radius 2 is 1.66 bits per heavy atom. The predicted octanol–water partition coefficient (Wildman–Crippen LogP) is 3.03. The van der Waals surface area contributed by atoms with Gasteiger partial charge in [0.15, 0.2) is 6.29 Å². The molecule has 0 bridgehead atoms. The number of halogens is 3. The summed E-state index contributed by atoms with van der Waals surface area (Å²) < 4.78 is 115. The number of carbonyl (C=O) groups is 1. The van der Waals surface area contributed by atoms with E-state index in [1.165, 1.54) is 43.5 Å². The highest BCUT2D eigenvalue weighted by atomic mass is 32.2. The largest absolute Gasteiger partial charge is 0.534 e. The predicted molar refractivity (Wildman–Crippen MR) is 159 cm³/mol. The maximum absolute atomic E-state index is 13.7. The van der Waals surface area contributed by atoms with E-state index in [-0.39, 0.29) is 36.3 Å². The lowest BCUT2D eigenvalue weighted by Gasteiger charge is -2.31. The molecular weight excluding hydrogens is 673 g/mol. The number of aliphatic hydroxyl groups is 1. The van der Waals surface area contributed by atoms with Crippen LogP contribution in [0, 0.1) is 11.8 Å². The summed E-state index contributed by atoms with van der Waals surface area (Å²) in [6.45, 7) is 3.69. The van der Waals surface area contributed by atoms with Crippen LogP contribution in [0.5, 0.6) is 11.5 Å². The third-order valence-corrected chi connectivity index (χ3v) is 10.4. The second-order valence-corrected chi connectivity index (χ2v) is 15.0. The van der Waals surface area contributed by atoms with Gasteiger partial charge >= 0.3 is 21.7 Å². The number of alkyl carbamates (subject to hydrolysis) is 1. The first kappa shape index (κ1) is 36.7. The number of fused-ring (bicyclic) bond motifs is 1. The molecule has 2 aromatic carbocycles. The van der Waals surface area contributed by atoms with Gasteiger partial charge in [0.1, 0.15) is 17.6 Å². The molecule has 2 saturated heterocycles. The van der Waals surface area contributed by atoms with Crippen molar-refractivity contribution in [2.75, 3.05) is 33.4 Å². The summed E-state index contributed by atoms with van der Waals surface area (Å²) >= 11 is 0. The van der Waals surface area contributed by atoms with Gasteiger partial charge in [-0.2, -0.15) is 25.9 Å². The molecule has 18 heteroatoms. The van der Waals surface area contributed by atoms with E-state index < -0.39 is 68.6 Å². The normalized spacial score (nSPS) is 21.3. The SMILES string of the molecule is COc1ccc(S(=O)(=O)N(CC(C)C)C[C@@H](O)C(Cc2ccc(OS(=O)(=O)C(F)(F)F)cc2)NC(=O)O[C@H]2CO[C@H]3OCC[C@H]32)cc1. The van der Waals surface area contributed by atoms with Crippen LogP contribution < -0.4 is 14.2 Å². The average Bonchev–Trinajstić information content (AvgIpc) is 3.61. The standard InChI is InChI=1S/C29H37F3N2O11S2/c1-18(2)15-34(46(37,38)22-10-8-20(41-3)9-11-22)16-25(35)24(33-28(36)44-26-17-43-27-23(26)12-13-42-27)14-19-4-6-21(7-5-19)45-47(39,40)29(30,31)32/h4-11,18,23-27,35H,12-17H2,1-3H3,(H,33,36)/t23-,24?,25+,26-,27+/m0/s1. The third kappa shape index (κ3) is 9.26. The molecule has 0 radical (unpaired) electrons. The molecule has 2 aromatic rings. The van der Waals surface area contributed by atoms with Crippen molar-refractivity contribution in [2.24, 2.45) is 11.8 Å². The molecule has 0 spiro atoms. The molecule has 2 aliphatic rings. The zero-order chi connectivity index (χ0) is 34.6. The summed E-state index contributed by atoms with van der Waals surface area (Å²) in [6.07, 6.45) is -3.10. The Labute approximate surface area is 271 Å². The first-order valence-corrected chi connectivity index (χ1v) is 17.5. The van der Waals surface area contributed by atoms with E-state index in [0.717, 1.165) is 16.4 Å². The summed E-state index contributed by atoms with van der Waals surface area (Å²) in [4.78, 5) is 13.0. The molecule has 2 fully saturated rings. The maximum Gasteiger partial charge on any atom is 0.534 e. The van der Waals surface area contributed by atoms with Crippen molar-refractivity contribution >= 4 is 26.2 Å². The number of carbonyl (C=O) groups excluding carboxylic acids is 1. The monoisotopic (exact) mass is 710 g/mol. The molecule has 4 rings (SSSR count). The molecule has 0 saturated carbocycles. The lowest BCUT2D eigenvalue weighted by atomic mass is 10.0. The van der Waals surface area contributed by atoms with Crippen LogP contribution in [0.2, 0.25) is 0 Å². The van der Waals surface area contributed by atoms with Crippen molar-refractivity contribution < 1.29 is 63.0 Å². The number of hydrogen-bond donors (Lipinski definition) is 2. The average molecular weight is 711 g/mol. The molecule has 2 aliphatic heterocycles. The minimum absolute atomic E-state index is 0.0186. The number of nitrogens with one attached hydrogen (secondary N) is 1. The van der Waals surface area contributed by atoms with Gasteiger partial charge in [0.05, 0.1) is 43.3 Å². The number of rotatable bonds is 14. The topological polar surface area (TPSA) is 167 Å². The van der Waals surface area contributed by atoms with Crippen molar-refractivity contribution in [1.29, 1.82) is 0 Å². The molecule has 2 heterocycles. The lowest BCUT2D eigenvalue weighted by Crippen LogP contribution is -2.51. The molecule has 262 valence electrons. The van der Waals surface area contributed by atoms with Crippen molar-refractivity contribution in [2.45, 2.75) is 61.6 Å². The van der Waals surface area contributed by atoms with E-state index in [1.54, 1.807) is 13.8 Å². The number of alkyl halides is 3. The molecule has 13 nitrogen and oxygen atoms in total. The Morgan fingerprint density at radius 1 is 1.02 bits per heavy atom. The van der Waals surface area contributed by atoms with Gasteiger partial charge in [0, 0.05) is 13.1 Å². The van der Waals surface area contributed by atoms with Gasteiger partial charge in [-0.05, 0) is 60.7 Å². The summed E-state index contributed by atoms with van der Waals surface area (Å²) in [5.41, 5.74) is -5.29. The van der Waals surface area contributed by atoms with Crippen molar-refractivity contribution in [3.05, 3.63) is 54.1 Å². The molecule has 1 unspecified atom stereocenters. The van der Waals surface area contributed by atoms with Gasteiger partial charge in [-0.3, -0.25) is 0 Å². The van der Waals surface area contributed by atoms with Crippen LogP contribution in [-0.4, -0.2) is 95.8 Å². The highest BCUT2D eigenvalue weighted by Gasteiger charge is 2.48. The highest BCUT2D eigenvalue weighted by Crippen LogP contribution is 2.33. The number of methoxy groups -OCH3 is 1. The Morgan fingerprint density at radius 3 is 2.26 bits per heavy atom. The van der Waals surface area contributed by atoms with E-state index in [1.807, 2.05) is 0 Å². The van der Waals surface area contributed by atoms with Crippen LogP contribution in [0.25, 0.3) is 0 Å². The molecule has 5 atom stereocenters. The van der Waals surface area contributed by atoms with Gasteiger partial charge in [0.2, 0.25) is 10.0 Å². The highest BCUT2D eigenvalue weighted by molar-refractivity contribution is 7.89. The zero-order valence-corrected chi connectivity index (χ0v) is 27.4. The van der Waals surface area contributed by atoms with Gasteiger partial charge in [-0.25, -0.2) is 13.2 Å². The third-order valence-electron chi connectivity index (χ3n) is 7.54. The van der Waals surface area contributed by atoms with Crippen LogP contribution in [0.4, 0.5) is 18.0 Å². The van der Waals surface area contributed by atoms with E-state index >= 15 is 0 Å². The first-order valence-electron chi connectivity index (χ1n) is 14.6. The van der Waals surface area contributed by atoms with E-state index in [2.05, 4.69) is 9.50 Å². The molecule has 47 heavy (non-hydrogen) atoms. The molecule has 0 aliphatic carbocycles. The number of benzene rings is 2. The van der Waals surface area contributed by atoms with Gasteiger partial charge in [-0.15, -0.1) is 0 Å². The smallest absolute Gasteiger partial charge is 0.497 e. The summed E-state index contributed by atoms with van der Waals surface area (Å²) in [5.74, 6) is -0.506. The molecule has 2 N–H and O–H groups in total. The van der Waals surface area contributed by atoms with E-state index in [4.69, 9.17) is 18.9 Å². The number of aliphatic hydroxyl groups excluding tert-OH is 1. The second-order valence-electron chi connectivity index (χ2n) is 11.5. The number of amides is 1. The Bertz CT molecular complexity index is 1570. The molecule has 1 amide bonds. The van der Waals surface area contributed by atoms with Crippen LogP contribution in [-0.2, 0) is 40.8 Å². The van der Waals surface area contributed by atoms with E-state index in [9.17, 15) is 39.9 Å². The minimum atomic E-state index is -5.90. The van der Waals surface area contributed by atoms with Crippen LogP contribution in [0.15, 0.2) is 53.4 Å². The van der Waals surface area contributed by atoms with Crippen LogP contribution >= 0.6 is 0 Å². The van der Waals surface area contributed by atoms with Crippen LogP contribution in [0.3, 0.4) is 0 Å². The second kappa shape index (κ2) is 14.9. The number of sulfonamides is 1. The minimum Gasteiger partial charge on any atom is -0.497 e. The lowest BCUT2D eigenvalue weighted by molar-refractivity contribution is -0.0907. The summed E-state index contributed by atoms with van der Waals surface area (Å²) in [7, 11) is -8.60. The number of hydrogen-bond acceptors (Lipinski definition) is 11. The summed E-state index contributed by atoms with van der Waals surface area (Å²) in [5, 5.41) is 14.0.